The van der Waals surface area contributed by atoms with Crippen molar-refractivity contribution in [3.05, 3.63) is 70.2 Å². The normalized spacial score (nSPS) is 11.2. The van der Waals surface area contributed by atoms with Gasteiger partial charge >= 0.3 is 0 Å². The summed E-state index contributed by atoms with van der Waals surface area (Å²) in [6.07, 6.45) is 0.574. The summed E-state index contributed by atoms with van der Waals surface area (Å²) in [4.78, 5) is 14.5. The average molecular weight is 288 g/mol. The molecule has 0 radical (unpaired) electrons. The van der Waals surface area contributed by atoms with Crippen molar-refractivity contribution < 1.29 is 4.79 Å². The van der Waals surface area contributed by atoms with Crippen molar-refractivity contribution in [2.24, 2.45) is 4.99 Å². The summed E-state index contributed by atoms with van der Waals surface area (Å²) >= 11 is 3.38. The van der Waals surface area contributed by atoms with Gasteiger partial charge in [0.15, 0.2) is 0 Å². The fourth-order valence-electron chi connectivity index (χ4n) is 1.57. The van der Waals surface area contributed by atoms with E-state index >= 15 is 0 Å². The van der Waals surface area contributed by atoms with Gasteiger partial charge in [-0.25, -0.2) is 4.99 Å². The Kier molecular flexibility index (Phi) is 3.83. The number of benzene rings is 2. The zero-order chi connectivity index (χ0) is 12.1. The highest BCUT2D eigenvalue weighted by molar-refractivity contribution is 9.10. The van der Waals surface area contributed by atoms with Crippen LogP contribution in [0.1, 0.15) is 11.1 Å². The van der Waals surface area contributed by atoms with Crippen molar-refractivity contribution >= 4 is 28.1 Å². The first-order valence-corrected chi connectivity index (χ1v) is 5.93. The Hall–Kier alpha value is -1.74. The maximum absolute atomic E-state index is 10.6. The van der Waals surface area contributed by atoms with Crippen molar-refractivity contribution in [2.75, 3.05) is 0 Å². The van der Waals surface area contributed by atoms with Gasteiger partial charge in [-0.2, -0.15) is 0 Å². The topological polar surface area (TPSA) is 29.4 Å². The summed E-state index contributed by atoms with van der Waals surface area (Å²) < 4.78 is 1.000. The molecule has 0 aromatic heterocycles. The predicted octanol–water partition coefficient (Wildman–Crippen LogP) is 3.44. The molecule has 1 amide bonds. The Balaban J connectivity index is 2.47. The maximum atomic E-state index is 10.6. The Labute approximate surface area is 108 Å². The van der Waals surface area contributed by atoms with E-state index in [9.17, 15) is 4.79 Å². The van der Waals surface area contributed by atoms with Crippen LogP contribution in [-0.2, 0) is 4.79 Å². The number of carbonyl (C=O) groups excluding carboxylic acids is 1. The van der Waals surface area contributed by atoms with Gasteiger partial charge in [-0.15, -0.1) is 0 Å². The molecule has 0 N–H and O–H groups in total. The molecule has 0 bridgehead atoms. The minimum absolute atomic E-state index is 0.574. The third-order valence-electron chi connectivity index (χ3n) is 2.35. The summed E-state index contributed by atoms with van der Waals surface area (Å²) in [5, 5.41) is 0. The summed E-state index contributed by atoms with van der Waals surface area (Å²) in [6, 6.07) is 17.4. The molecule has 2 nitrogen and oxygen atoms in total. The number of hydrogen-bond donors (Lipinski definition) is 0. The largest absolute Gasteiger partial charge is 0.276 e. The van der Waals surface area contributed by atoms with Crippen LogP contribution in [0.15, 0.2) is 64.1 Å². The van der Waals surface area contributed by atoms with Gasteiger partial charge in [-0.3, -0.25) is 4.79 Å². The van der Waals surface area contributed by atoms with Crippen molar-refractivity contribution in [1.29, 1.82) is 0 Å². The molecular formula is C14H10BrNO. The van der Waals surface area contributed by atoms with Gasteiger partial charge in [0, 0.05) is 15.6 Å². The van der Waals surface area contributed by atoms with Crippen LogP contribution in [0, 0.1) is 0 Å². The van der Waals surface area contributed by atoms with E-state index in [4.69, 9.17) is 0 Å². The molecule has 2 aromatic carbocycles. The van der Waals surface area contributed by atoms with Crippen molar-refractivity contribution in [2.45, 2.75) is 0 Å². The van der Waals surface area contributed by atoms with E-state index in [1.54, 1.807) is 0 Å². The molecule has 0 saturated carbocycles. The minimum Gasteiger partial charge on any atom is -0.276 e. The first-order chi connectivity index (χ1) is 8.31. The number of amides is 1. The lowest BCUT2D eigenvalue weighted by Crippen LogP contribution is -2.03. The number of rotatable bonds is 3. The Morgan fingerprint density at radius 3 is 2.12 bits per heavy atom. The number of halogens is 1. The molecule has 0 fully saturated rings. The van der Waals surface area contributed by atoms with Crippen LogP contribution in [-0.4, -0.2) is 12.1 Å². The molecule has 0 aliphatic carbocycles. The zero-order valence-corrected chi connectivity index (χ0v) is 10.6. The second-order valence-electron chi connectivity index (χ2n) is 3.46. The van der Waals surface area contributed by atoms with E-state index in [0.29, 0.717) is 12.1 Å². The molecule has 0 saturated heterocycles. The highest BCUT2D eigenvalue weighted by Gasteiger charge is 2.05. The maximum Gasteiger partial charge on any atom is 0.233 e. The third-order valence-corrected chi connectivity index (χ3v) is 2.88. The Morgan fingerprint density at radius 1 is 0.941 bits per heavy atom. The molecule has 0 aliphatic rings. The second kappa shape index (κ2) is 5.55. The van der Waals surface area contributed by atoms with Crippen LogP contribution in [0.25, 0.3) is 0 Å². The van der Waals surface area contributed by atoms with E-state index in [2.05, 4.69) is 20.9 Å². The predicted molar refractivity (Wildman–Crippen MR) is 72.3 cm³/mol. The number of carbonyl (C=O) groups is 1. The molecule has 3 heteroatoms. The first-order valence-electron chi connectivity index (χ1n) is 5.14. The average Bonchev–Trinajstić information content (AvgIpc) is 2.38. The Bertz CT molecular complexity index is 532. The van der Waals surface area contributed by atoms with Crippen LogP contribution >= 0.6 is 15.9 Å². The monoisotopic (exact) mass is 287 g/mol. The SMILES string of the molecule is O=CN=C(c1ccccc1)c1ccc(Br)cc1. The van der Waals surface area contributed by atoms with Gasteiger partial charge in [-0.05, 0) is 12.1 Å². The molecule has 0 unspecified atom stereocenters. The number of aliphatic imine (C=N–C) groups is 1. The standard InChI is InChI=1S/C14H10BrNO/c15-13-8-6-12(7-9-13)14(16-10-17)11-4-2-1-3-5-11/h1-10H. The zero-order valence-electron chi connectivity index (χ0n) is 9.01. The van der Waals surface area contributed by atoms with E-state index in [1.165, 1.54) is 0 Å². The van der Waals surface area contributed by atoms with E-state index in [0.717, 1.165) is 15.6 Å². The van der Waals surface area contributed by atoms with E-state index in [-0.39, 0.29) is 0 Å². The first kappa shape index (κ1) is 11.7. The van der Waals surface area contributed by atoms with Gasteiger partial charge in [-0.1, -0.05) is 58.4 Å². The molecule has 0 heterocycles. The molecule has 0 atom stereocenters. The Morgan fingerprint density at radius 2 is 1.53 bits per heavy atom. The van der Waals surface area contributed by atoms with Gasteiger partial charge in [0.25, 0.3) is 0 Å². The van der Waals surface area contributed by atoms with Gasteiger partial charge in [0.1, 0.15) is 0 Å². The molecule has 2 rings (SSSR count). The fourth-order valence-corrected chi connectivity index (χ4v) is 1.84. The van der Waals surface area contributed by atoms with Crippen molar-refractivity contribution in [3.8, 4) is 0 Å². The van der Waals surface area contributed by atoms with Gasteiger partial charge < -0.3 is 0 Å². The summed E-state index contributed by atoms with van der Waals surface area (Å²) in [6.45, 7) is 0. The molecule has 17 heavy (non-hydrogen) atoms. The summed E-state index contributed by atoms with van der Waals surface area (Å²) in [5.74, 6) is 0. The lowest BCUT2D eigenvalue weighted by molar-refractivity contribution is -0.106. The van der Waals surface area contributed by atoms with Gasteiger partial charge in [0.2, 0.25) is 6.41 Å². The highest BCUT2D eigenvalue weighted by Crippen LogP contribution is 2.15. The molecular weight excluding hydrogens is 278 g/mol. The number of nitrogens with zero attached hydrogens (tertiary/aromatic N) is 1. The molecule has 84 valence electrons. The van der Waals surface area contributed by atoms with Crippen molar-refractivity contribution in [3.63, 3.8) is 0 Å². The lowest BCUT2D eigenvalue weighted by atomic mass is 10.0. The fraction of sp³-hybridized carbons (Fsp3) is 0. The minimum atomic E-state index is 0.574. The summed E-state index contributed by atoms with van der Waals surface area (Å²) in [5.41, 5.74) is 2.54. The molecule has 0 aliphatic heterocycles. The van der Waals surface area contributed by atoms with Crippen LogP contribution < -0.4 is 0 Å². The highest BCUT2D eigenvalue weighted by atomic mass is 79.9. The van der Waals surface area contributed by atoms with Crippen LogP contribution in [0.3, 0.4) is 0 Å². The third kappa shape index (κ3) is 2.88. The van der Waals surface area contributed by atoms with Crippen LogP contribution in [0.5, 0.6) is 0 Å². The van der Waals surface area contributed by atoms with Gasteiger partial charge in [0.05, 0.1) is 5.71 Å². The smallest absolute Gasteiger partial charge is 0.233 e. The lowest BCUT2D eigenvalue weighted by Gasteiger charge is -2.05. The van der Waals surface area contributed by atoms with Crippen LogP contribution in [0.2, 0.25) is 0 Å². The molecule has 2 aromatic rings. The second-order valence-corrected chi connectivity index (χ2v) is 4.37. The van der Waals surface area contributed by atoms with E-state index < -0.39 is 0 Å². The number of hydrogen-bond acceptors (Lipinski definition) is 1. The summed E-state index contributed by atoms with van der Waals surface area (Å²) in [7, 11) is 0. The quantitative estimate of drug-likeness (QED) is 0.628. The van der Waals surface area contributed by atoms with Crippen molar-refractivity contribution in [1.82, 2.24) is 0 Å². The van der Waals surface area contributed by atoms with E-state index in [1.807, 2.05) is 54.6 Å². The van der Waals surface area contributed by atoms with Crippen LogP contribution in [0.4, 0.5) is 0 Å². The molecule has 0 spiro atoms.